The molecule has 0 saturated heterocycles. The number of ether oxygens (including phenoxy) is 1. The Hall–Kier alpha value is 0.830. The second kappa shape index (κ2) is 6.32. The van der Waals surface area contributed by atoms with Gasteiger partial charge in [-0.15, -0.1) is 0 Å². The van der Waals surface area contributed by atoms with E-state index in [0.29, 0.717) is 11.8 Å². The molecule has 2 aliphatic carbocycles. The van der Waals surface area contributed by atoms with Gasteiger partial charge in [0.2, 0.25) is 3.79 Å². The average Bonchev–Trinajstić information content (AvgIpc) is 2.86. The molecule has 0 bridgehead atoms. The third kappa shape index (κ3) is 4.16. The molecule has 1 nitrogen and oxygen atoms in total. The fraction of sp³-hybridized carbons (Fsp3) is 1.00. The van der Waals surface area contributed by atoms with E-state index in [-0.39, 0.29) is 6.10 Å². The number of hydrogen-bond acceptors (Lipinski definition) is 1. The number of halogens is 3. The number of hydrogen-bond donors (Lipinski definition) is 0. The topological polar surface area (TPSA) is 9.23 Å². The minimum absolute atomic E-state index is 0.212. The van der Waals surface area contributed by atoms with E-state index in [2.05, 4.69) is 0 Å². The molecule has 0 amide bonds. The Balaban J connectivity index is 1.86. The zero-order chi connectivity index (χ0) is 12.3. The van der Waals surface area contributed by atoms with Crippen molar-refractivity contribution in [3.05, 3.63) is 0 Å². The highest BCUT2D eigenvalue weighted by Crippen LogP contribution is 2.42. The molecular formula is C13H21Cl3O. The smallest absolute Gasteiger partial charge is 0.216 e. The maximum absolute atomic E-state index is 6.07. The van der Waals surface area contributed by atoms with Gasteiger partial charge in [-0.05, 0) is 37.5 Å². The van der Waals surface area contributed by atoms with E-state index in [9.17, 15) is 0 Å². The van der Waals surface area contributed by atoms with Gasteiger partial charge in [0.15, 0.2) is 0 Å². The lowest BCUT2D eigenvalue weighted by molar-refractivity contribution is -0.00189. The Bertz CT molecular complexity index is 227. The maximum Gasteiger partial charge on any atom is 0.216 e. The van der Waals surface area contributed by atoms with Crippen LogP contribution in [0, 0.1) is 11.8 Å². The summed E-state index contributed by atoms with van der Waals surface area (Å²) in [6, 6.07) is 0. The Morgan fingerprint density at radius 2 is 1.47 bits per heavy atom. The summed E-state index contributed by atoms with van der Waals surface area (Å²) in [4.78, 5) is 0. The molecule has 100 valence electrons. The Labute approximate surface area is 119 Å². The maximum atomic E-state index is 6.07. The predicted molar refractivity (Wildman–Crippen MR) is 73.9 cm³/mol. The normalized spacial score (nSPS) is 25.6. The van der Waals surface area contributed by atoms with Gasteiger partial charge >= 0.3 is 0 Å². The van der Waals surface area contributed by atoms with E-state index in [0.717, 1.165) is 19.4 Å². The van der Waals surface area contributed by atoms with Gasteiger partial charge in [-0.3, -0.25) is 0 Å². The third-order valence-electron chi connectivity index (χ3n) is 4.14. The Kier molecular flexibility index (Phi) is 5.30. The van der Waals surface area contributed by atoms with Crippen LogP contribution in [0.4, 0.5) is 0 Å². The van der Waals surface area contributed by atoms with Crippen molar-refractivity contribution in [3.8, 4) is 0 Å². The van der Waals surface area contributed by atoms with Gasteiger partial charge in [-0.1, -0.05) is 60.5 Å². The van der Waals surface area contributed by atoms with Crippen molar-refractivity contribution in [2.45, 2.75) is 61.3 Å². The lowest BCUT2D eigenvalue weighted by Crippen LogP contribution is -2.36. The largest absolute Gasteiger partial charge is 0.373 e. The van der Waals surface area contributed by atoms with Gasteiger partial charge in [-0.2, -0.15) is 0 Å². The lowest BCUT2D eigenvalue weighted by atomic mass is 10.0. The van der Waals surface area contributed by atoms with E-state index in [1.807, 2.05) is 0 Å². The minimum Gasteiger partial charge on any atom is -0.373 e. The van der Waals surface area contributed by atoms with Crippen molar-refractivity contribution < 1.29 is 4.74 Å². The van der Waals surface area contributed by atoms with Gasteiger partial charge < -0.3 is 4.74 Å². The first-order chi connectivity index (χ1) is 8.07. The zero-order valence-electron chi connectivity index (χ0n) is 10.1. The molecule has 0 aliphatic heterocycles. The van der Waals surface area contributed by atoms with Gasteiger partial charge in [0.25, 0.3) is 0 Å². The molecule has 4 heteroatoms. The molecule has 0 aromatic rings. The molecule has 1 unspecified atom stereocenters. The summed E-state index contributed by atoms with van der Waals surface area (Å²) in [7, 11) is 0. The third-order valence-corrected chi connectivity index (χ3v) is 4.78. The van der Waals surface area contributed by atoms with Crippen molar-refractivity contribution in [1.29, 1.82) is 0 Å². The van der Waals surface area contributed by atoms with Crippen LogP contribution in [0.25, 0.3) is 0 Å². The van der Waals surface area contributed by atoms with Crippen molar-refractivity contribution in [2.75, 3.05) is 6.61 Å². The summed E-state index contributed by atoms with van der Waals surface area (Å²) in [5.41, 5.74) is 0. The van der Waals surface area contributed by atoms with Crippen LogP contribution in [-0.2, 0) is 4.74 Å². The van der Waals surface area contributed by atoms with Crippen LogP contribution < -0.4 is 0 Å². The van der Waals surface area contributed by atoms with Crippen LogP contribution in [0.5, 0.6) is 0 Å². The monoisotopic (exact) mass is 298 g/mol. The standard InChI is InChI=1S/C13H21Cl3O/c14-13(15,16)12(11-7-3-4-8-11)17-9-10-5-1-2-6-10/h10-12H,1-9H2. The van der Waals surface area contributed by atoms with Crippen molar-refractivity contribution in [3.63, 3.8) is 0 Å². The molecule has 0 heterocycles. The average molecular weight is 300 g/mol. The summed E-state index contributed by atoms with van der Waals surface area (Å²) >= 11 is 18.2. The fourth-order valence-corrected chi connectivity index (χ4v) is 3.90. The van der Waals surface area contributed by atoms with Crippen LogP contribution in [0.2, 0.25) is 0 Å². The van der Waals surface area contributed by atoms with Crippen molar-refractivity contribution in [1.82, 2.24) is 0 Å². The van der Waals surface area contributed by atoms with Crippen LogP contribution in [-0.4, -0.2) is 16.5 Å². The van der Waals surface area contributed by atoms with Crippen LogP contribution >= 0.6 is 34.8 Å². The van der Waals surface area contributed by atoms with Crippen molar-refractivity contribution in [2.24, 2.45) is 11.8 Å². The summed E-state index contributed by atoms with van der Waals surface area (Å²) in [6.45, 7) is 0.773. The highest BCUT2D eigenvalue weighted by Gasteiger charge is 2.41. The van der Waals surface area contributed by atoms with E-state index in [4.69, 9.17) is 39.5 Å². The number of rotatable bonds is 4. The van der Waals surface area contributed by atoms with Crippen LogP contribution in [0.1, 0.15) is 51.4 Å². The quantitative estimate of drug-likeness (QED) is 0.654. The van der Waals surface area contributed by atoms with Gasteiger partial charge in [0.1, 0.15) is 6.10 Å². The second-order valence-corrected chi connectivity index (χ2v) is 7.86. The van der Waals surface area contributed by atoms with E-state index in [1.165, 1.54) is 38.5 Å². The molecule has 2 fully saturated rings. The summed E-state index contributed by atoms with van der Waals surface area (Å²) in [6.07, 6.45) is 9.77. The second-order valence-electron chi connectivity index (χ2n) is 5.49. The lowest BCUT2D eigenvalue weighted by Gasteiger charge is -2.30. The van der Waals surface area contributed by atoms with Crippen LogP contribution in [0.3, 0.4) is 0 Å². The van der Waals surface area contributed by atoms with E-state index in [1.54, 1.807) is 0 Å². The molecule has 2 rings (SSSR count). The molecule has 0 N–H and O–H groups in total. The summed E-state index contributed by atoms with van der Waals surface area (Å²) in [5, 5.41) is 0. The molecule has 0 aromatic heterocycles. The highest BCUT2D eigenvalue weighted by molar-refractivity contribution is 6.68. The molecule has 0 radical (unpaired) electrons. The van der Waals surface area contributed by atoms with Gasteiger partial charge in [0, 0.05) is 6.61 Å². The molecule has 0 spiro atoms. The Morgan fingerprint density at radius 3 is 2.00 bits per heavy atom. The first-order valence-corrected chi connectivity index (χ1v) is 7.89. The SMILES string of the molecule is ClC(Cl)(Cl)C(OCC1CCCC1)C1CCCC1. The molecule has 1 atom stereocenters. The highest BCUT2D eigenvalue weighted by atomic mass is 35.6. The molecule has 2 aliphatic rings. The predicted octanol–water partition coefficient (Wildman–Crippen LogP) is 5.12. The van der Waals surface area contributed by atoms with Gasteiger partial charge in [0.05, 0.1) is 0 Å². The zero-order valence-corrected chi connectivity index (χ0v) is 12.4. The molecule has 0 aromatic carbocycles. The molecular weight excluding hydrogens is 279 g/mol. The van der Waals surface area contributed by atoms with Gasteiger partial charge in [-0.25, -0.2) is 0 Å². The first-order valence-electron chi connectivity index (χ1n) is 6.75. The Morgan fingerprint density at radius 1 is 0.941 bits per heavy atom. The summed E-state index contributed by atoms with van der Waals surface area (Å²) in [5.74, 6) is 1.12. The summed E-state index contributed by atoms with van der Waals surface area (Å²) < 4.78 is 4.71. The van der Waals surface area contributed by atoms with E-state index < -0.39 is 3.79 Å². The molecule has 2 saturated carbocycles. The van der Waals surface area contributed by atoms with E-state index >= 15 is 0 Å². The first kappa shape index (κ1) is 14.2. The number of alkyl halides is 3. The van der Waals surface area contributed by atoms with Crippen molar-refractivity contribution >= 4 is 34.8 Å². The fourth-order valence-electron chi connectivity index (χ4n) is 3.17. The minimum atomic E-state index is -1.27. The molecule has 17 heavy (non-hydrogen) atoms. The van der Waals surface area contributed by atoms with Crippen LogP contribution in [0.15, 0.2) is 0 Å².